The third kappa shape index (κ3) is 1.75. The highest BCUT2D eigenvalue weighted by atomic mass is 16.6. The monoisotopic (exact) mass is 233 g/mol. The molecule has 1 aromatic carbocycles. The summed E-state index contributed by atoms with van der Waals surface area (Å²) in [6.45, 7) is 4.03. The van der Waals surface area contributed by atoms with E-state index in [-0.39, 0.29) is 5.97 Å². The Morgan fingerprint density at radius 1 is 1.35 bits per heavy atom. The lowest BCUT2D eigenvalue weighted by molar-refractivity contribution is 0.0476. The van der Waals surface area contributed by atoms with Gasteiger partial charge in [0.15, 0.2) is 5.69 Å². The summed E-state index contributed by atoms with van der Waals surface area (Å²) in [5.74, 6) is -0.358. The van der Waals surface area contributed by atoms with Crippen LogP contribution in [0.15, 0.2) is 24.3 Å². The third-order valence-electron chi connectivity index (χ3n) is 2.74. The molecule has 0 saturated heterocycles. The van der Waals surface area contributed by atoms with Gasteiger partial charge in [0.2, 0.25) is 0 Å². The van der Waals surface area contributed by atoms with Gasteiger partial charge in [-0.1, -0.05) is 18.2 Å². The molecule has 0 saturated carbocycles. The van der Waals surface area contributed by atoms with Crippen LogP contribution in [0, 0.1) is 6.92 Å². The van der Waals surface area contributed by atoms with Gasteiger partial charge in [-0.25, -0.2) is 4.79 Å². The molecule has 0 unspecified atom stereocenters. The van der Waals surface area contributed by atoms with E-state index in [1.165, 1.54) is 11.8 Å². The summed E-state index contributed by atoms with van der Waals surface area (Å²) < 4.78 is 6.56. The SMILES string of the molecule is CCOC(=O)c1c(C)c2ccccc2n1OC. The van der Waals surface area contributed by atoms with Gasteiger partial charge in [0, 0.05) is 5.39 Å². The highest BCUT2D eigenvalue weighted by Crippen LogP contribution is 2.24. The number of benzene rings is 1. The molecule has 0 aliphatic rings. The third-order valence-corrected chi connectivity index (χ3v) is 2.74. The standard InChI is InChI=1S/C13H15NO3/c1-4-17-13(15)12-9(2)10-7-5-6-8-11(10)14(12)16-3/h5-8H,4H2,1-3H3. The van der Waals surface area contributed by atoms with Crippen LogP contribution in [-0.4, -0.2) is 24.4 Å². The molecular formula is C13H15NO3. The molecule has 1 aromatic heterocycles. The lowest BCUT2D eigenvalue weighted by atomic mass is 10.1. The molecule has 1 heterocycles. The number of aryl methyl sites for hydroxylation is 1. The van der Waals surface area contributed by atoms with Gasteiger partial charge in [-0.15, -0.1) is 0 Å². The van der Waals surface area contributed by atoms with Gasteiger partial charge >= 0.3 is 5.97 Å². The van der Waals surface area contributed by atoms with E-state index in [1.807, 2.05) is 31.2 Å². The summed E-state index contributed by atoms with van der Waals surface area (Å²) in [5, 5.41) is 0.998. The minimum Gasteiger partial charge on any atom is -0.461 e. The fourth-order valence-corrected chi connectivity index (χ4v) is 1.99. The summed E-state index contributed by atoms with van der Waals surface area (Å²) in [6.07, 6.45) is 0. The molecule has 0 N–H and O–H groups in total. The molecule has 0 atom stereocenters. The van der Waals surface area contributed by atoms with E-state index < -0.39 is 0 Å². The molecule has 17 heavy (non-hydrogen) atoms. The van der Waals surface area contributed by atoms with E-state index in [0.29, 0.717) is 12.3 Å². The van der Waals surface area contributed by atoms with Crippen LogP contribution in [0.4, 0.5) is 0 Å². The minimum absolute atomic E-state index is 0.351. The number of aromatic nitrogens is 1. The van der Waals surface area contributed by atoms with Gasteiger partial charge in [-0.05, 0) is 25.5 Å². The molecule has 0 radical (unpaired) electrons. The van der Waals surface area contributed by atoms with Crippen molar-refractivity contribution in [3.05, 3.63) is 35.5 Å². The molecule has 0 amide bonds. The molecule has 0 aliphatic carbocycles. The van der Waals surface area contributed by atoms with Crippen LogP contribution in [0.5, 0.6) is 0 Å². The molecule has 2 aromatic rings. The Kier molecular flexibility index (Phi) is 3.04. The van der Waals surface area contributed by atoms with Crippen LogP contribution >= 0.6 is 0 Å². The quantitative estimate of drug-likeness (QED) is 0.763. The first-order valence-electron chi connectivity index (χ1n) is 5.52. The van der Waals surface area contributed by atoms with Gasteiger partial charge in [0.25, 0.3) is 0 Å². The maximum atomic E-state index is 11.9. The topological polar surface area (TPSA) is 40.5 Å². The Morgan fingerprint density at radius 3 is 2.71 bits per heavy atom. The van der Waals surface area contributed by atoms with Crippen LogP contribution in [0.2, 0.25) is 0 Å². The van der Waals surface area contributed by atoms with E-state index in [4.69, 9.17) is 9.57 Å². The second kappa shape index (κ2) is 4.49. The number of hydrogen-bond acceptors (Lipinski definition) is 3. The van der Waals surface area contributed by atoms with Gasteiger partial charge in [-0.2, -0.15) is 4.73 Å². The maximum absolute atomic E-state index is 11.9. The second-order valence-electron chi connectivity index (χ2n) is 3.69. The van der Waals surface area contributed by atoms with Gasteiger partial charge < -0.3 is 9.57 Å². The number of esters is 1. The summed E-state index contributed by atoms with van der Waals surface area (Å²) in [5.41, 5.74) is 2.20. The fraction of sp³-hybridized carbons (Fsp3) is 0.308. The van der Waals surface area contributed by atoms with Gasteiger partial charge in [0.05, 0.1) is 12.1 Å². The van der Waals surface area contributed by atoms with Crippen LogP contribution in [0.1, 0.15) is 23.0 Å². The van der Waals surface area contributed by atoms with Crippen molar-refractivity contribution < 1.29 is 14.4 Å². The zero-order valence-electron chi connectivity index (χ0n) is 10.2. The first-order valence-corrected chi connectivity index (χ1v) is 5.52. The van der Waals surface area contributed by atoms with Crippen molar-refractivity contribution in [3.8, 4) is 0 Å². The highest BCUT2D eigenvalue weighted by molar-refractivity contribution is 5.98. The lowest BCUT2D eigenvalue weighted by Crippen LogP contribution is -2.17. The second-order valence-corrected chi connectivity index (χ2v) is 3.69. The molecule has 0 aliphatic heterocycles. The predicted octanol–water partition coefficient (Wildman–Crippen LogP) is 2.18. The number of fused-ring (bicyclic) bond motifs is 1. The molecule has 0 bridgehead atoms. The number of hydrogen-bond donors (Lipinski definition) is 0. The number of carbonyl (C=O) groups is 1. The van der Waals surface area contributed by atoms with Crippen LogP contribution in [0.3, 0.4) is 0 Å². The lowest BCUT2D eigenvalue weighted by Gasteiger charge is -2.07. The number of carbonyl (C=O) groups excluding carboxylic acids is 1. The van der Waals surface area contributed by atoms with Crippen molar-refractivity contribution in [2.45, 2.75) is 13.8 Å². The molecule has 4 heteroatoms. The first kappa shape index (κ1) is 11.5. The average Bonchev–Trinajstić information content (AvgIpc) is 2.63. The van der Waals surface area contributed by atoms with Crippen molar-refractivity contribution in [2.24, 2.45) is 0 Å². The Balaban J connectivity index is 2.69. The van der Waals surface area contributed by atoms with E-state index in [0.717, 1.165) is 16.5 Å². The van der Waals surface area contributed by atoms with Crippen molar-refractivity contribution in [1.82, 2.24) is 4.73 Å². The Labute approximate surface area is 99.7 Å². The zero-order valence-corrected chi connectivity index (χ0v) is 10.2. The van der Waals surface area contributed by atoms with E-state index >= 15 is 0 Å². The van der Waals surface area contributed by atoms with Crippen molar-refractivity contribution in [2.75, 3.05) is 13.7 Å². The molecule has 0 fully saturated rings. The smallest absolute Gasteiger partial charge is 0.358 e. The number of para-hydroxylation sites is 1. The molecule has 2 rings (SSSR count). The van der Waals surface area contributed by atoms with Crippen molar-refractivity contribution in [1.29, 1.82) is 0 Å². The Morgan fingerprint density at radius 2 is 2.06 bits per heavy atom. The number of rotatable bonds is 3. The van der Waals surface area contributed by atoms with E-state index in [9.17, 15) is 4.79 Å². The Hall–Kier alpha value is -1.97. The number of ether oxygens (including phenoxy) is 1. The Bertz CT molecular complexity index is 557. The van der Waals surface area contributed by atoms with E-state index in [1.54, 1.807) is 6.92 Å². The summed E-state index contributed by atoms with van der Waals surface area (Å²) in [7, 11) is 1.54. The average molecular weight is 233 g/mol. The highest BCUT2D eigenvalue weighted by Gasteiger charge is 2.21. The molecule has 90 valence electrons. The largest absolute Gasteiger partial charge is 0.461 e. The number of nitrogens with zero attached hydrogens (tertiary/aromatic N) is 1. The normalized spacial score (nSPS) is 10.5. The van der Waals surface area contributed by atoms with Gasteiger partial charge in [-0.3, -0.25) is 0 Å². The van der Waals surface area contributed by atoms with Crippen LogP contribution in [0.25, 0.3) is 10.9 Å². The van der Waals surface area contributed by atoms with Crippen LogP contribution in [-0.2, 0) is 4.74 Å². The maximum Gasteiger partial charge on any atom is 0.358 e. The van der Waals surface area contributed by atoms with Gasteiger partial charge in [0.1, 0.15) is 7.11 Å². The summed E-state index contributed by atoms with van der Waals surface area (Å²) >= 11 is 0. The van der Waals surface area contributed by atoms with Crippen LogP contribution < -0.4 is 4.84 Å². The fourth-order valence-electron chi connectivity index (χ4n) is 1.99. The van der Waals surface area contributed by atoms with E-state index in [2.05, 4.69) is 0 Å². The minimum atomic E-state index is -0.358. The summed E-state index contributed by atoms with van der Waals surface area (Å²) in [4.78, 5) is 17.2. The zero-order chi connectivity index (χ0) is 12.4. The summed E-state index contributed by atoms with van der Waals surface area (Å²) in [6, 6.07) is 7.72. The first-order chi connectivity index (χ1) is 8.20. The molecule has 0 spiro atoms. The van der Waals surface area contributed by atoms with Crippen molar-refractivity contribution >= 4 is 16.9 Å². The van der Waals surface area contributed by atoms with Crippen molar-refractivity contribution in [3.63, 3.8) is 0 Å². The molecule has 4 nitrogen and oxygen atoms in total. The predicted molar refractivity (Wildman–Crippen MR) is 65.1 cm³/mol. The molecular weight excluding hydrogens is 218 g/mol.